The van der Waals surface area contributed by atoms with Crippen LogP contribution < -0.4 is 5.56 Å². The molecule has 2 atom stereocenters. The van der Waals surface area contributed by atoms with Crippen LogP contribution in [0.5, 0.6) is 0 Å². The molecule has 4 rings (SSSR count). The molecule has 1 aromatic rings. The molecule has 29 heavy (non-hydrogen) atoms. The first-order valence-corrected chi connectivity index (χ1v) is 11.7. The number of hydrogen-bond donors (Lipinski definition) is 0. The SMILES string of the molecule is COC1CCN(C(=O)c2ccc3n(c2=O)C[C@H]2C[C@@H]3CN(C(=O)CSC)C2)CC1. The highest BCUT2D eigenvalue weighted by Gasteiger charge is 2.37. The van der Waals surface area contributed by atoms with Crippen LogP contribution in [0.15, 0.2) is 16.9 Å². The van der Waals surface area contributed by atoms with Crippen LogP contribution in [0.1, 0.15) is 41.2 Å². The minimum Gasteiger partial charge on any atom is -0.381 e. The third kappa shape index (κ3) is 3.97. The van der Waals surface area contributed by atoms with Gasteiger partial charge in [0.2, 0.25) is 5.91 Å². The normalized spacial score (nSPS) is 24.3. The molecule has 2 saturated heterocycles. The molecular weight excluding hydrogens is 390 g/mol. The number of ether oxygens (including phenoxy) is 1. The van der Waals surface area contributed by atoms with Gasteiger partial charge in [-0.05, 0) is 43.6 Å². The van der Waals surface area contributed by atoms with E-state index in [1.54, 1.807) is 34.4 Å². The predicted octanol–water partition coefficient (Wildman–Crippen LogP) is 1.41. The van der Waals surface area contributed by atoms with Gasteiger partial charge in [-0.15, -0.1) is 0 Å². The lowest BCUT2D eigenvalue weighted by atomic mass is 9.83. The molecule has 0 N–H and O–H groups in total. The van der Waals surface area contributed by atoms with Crippen molar-refractivity contribution in [1.82, 2.24) is 14.4 Å². The van der Waals surface area contributed by atoms with E-state index < -0.39 is 0 Å². The van der Waals surface area contributed by atoms with Crippen LogP contribution in [0.2, 0.25) is 0 Å². The summed E-state index contributed by atoms with van der Waals surface area (Å²) in [5.74, 6) is 0.941. The fraction of sp³-hybridized carbons (Fsp3) is 0.667. The predicted molar refractivity (Wildman–Crippen MR) is 112 cm³/mol. The van der Waals surface area contributed by atoms with Gasteiger partial charge in [0, 0.05) is 51.4 Å². The van der Waals surface area contributed by atoms with E-state index in [-0.39, 0.29) is 40.9 Å². The van der Waals surface area contributed by atoms with E-state index >= 15 is 0 Å². The van der Waals surface area contributed by atoms with Gasteiger partial charge in [-0.1, -0.05) is 0 Å². The second-order valence-corrected chi connectivity index (χ2v) is 9.21. The van der Waals surface area contributed by atoms with Gasteiger partial charge < -0.3 is 19.1 Å². The summed E-state index contributed by atoms with van der Waals surface area (Å²) in [7, 11) is 1.70. The Bertz CT molecular complexity index is 847. The Balaban J connectivity index is 1.54. The zero-order valence-corrected chi connectivity index (χ0v) is 18.0. The maximum absolute atomic E-state index is 13.2. The standard InChI is InChI=1S/C21H29N3O4S/c1-28-16-5-7-22(8-6-16)20(26)17-3-4-18-15-9-14(11-24(18)21(17)27)10-23(12-15)19(25)13-29-2/h3-4,14-16H,5-13H2,1-2H3/t14-,15+/m0/s1. The molecule has 4 heterocycles. The summed E-state index contributed by atoms with van der Waals surface area (Å²) >= 11 is 1.54. The number of piperidine rings is 2. The van der Waals surface area contributed by atoms with E-state index in [0.29, 0.717) is 38.5 Å². The first-order chi connectivity index (χ1) is 14.0. The molecule has 0 aromatic carbocycles. The van der Waals surface area contributed by atoms with Crippen molar-refractivity contribution in [2.45, 2.75) is 37.8 Å². The van der Waals surface area contributed by atoms with E-state index in [2.05, 4.69) is 0 Å². The van der Waals surface area contributed by atoms with E-state index in [0.717, 1.165) is 25.0 Å². The minimum atomic E-state index is -0.181. The lowest BCUT2D eigenvalue weighted by Crippen LogP contribution is -2.50. The zero-order valence-electron chi connectivity index (χ0n) is 17.1. The van der Waals surface area contributed by atoms with E-state index in [1.165, 1.54) is 0 Å². The highest BCUT2D eigenvalue weighted by Crippen LogP contribution is 2.35. The number of fused-ring (bicyclic) bond motifs is 4. The quantitative estimate of drug-likeness (QED) is 0.738. The van der Waals surface area contributed by atoms with Crippen molar-refractivity contribution < 1.29 is 14.3 Å². The maximum Gasteiger partial charge on any atom is 0.263 e. The van der Waals surface area contributed by atoms with Crippen molar-refractivity contribution >= 4 is 23.6 Å². The Morgan fingerprint density at radius 1 is 1.14 bits per heavy atom. The summed E-state index contributed by atoms with van der Waals surface area (Å²) in [6, 6.07) is 3.63. The molecule has 1 aromatic heterocycles. The van der Waals surface area contributed by atoms with Crippen molar-refractivity contribution in [3.8, 4) is 0 Å². The van der Waals surface area contributed by atoms with Gasteiger partial charge in [-0.3, -0.25) is 14.4 Å². The second kappa shape index (κ2) is 8.52. The first-order valence-electron chi connectivity index (χ1n) is 10.3. The number of carbonyl (C=O) groups excluding carboxylic acids is 2. The van der Waals surface area contributed by atoms with Gasteiger partial charge in [-0.25, -0.2) is 0 Å². The number of likely N-dealkylation sites (tertiary alicyclic amines) is 2. The molecular formula is C21H29N3O4S. The molecule has 0 spiro atoms. The highest BCUT2D eigenvalue weighted by atomic mass is 32.2. The molecule has 8 heteroatoms. The number of amides is 2. The van der Waals surface area contributed by atoms with Crippen LogP contribution in [-0.2, 0) is 16.1 Å². The van der Waals surface area contributed by atoms with Crippen LogP contribution in [-0.4, -0.2) is 77.6 Å². The molecule has 3 aliphatic rings. The fourth-order valence-electron chi connectivity index (χ4n) is 4.99. The molecule has 3 aliphatic heterocycles. The van der Waals surface area contributed by atoms with Gasteiger partial charge in [0.15, 0.2) is 0 Å². The van der Waals surface area contributed by atoms with E-state index in [1.807, 2.05) is 17.2 Å². The number of hydrogen-bond acceptors (Lipinski definition) is 5. The summed E-state index contributed by atoms with van der Waals surface area (Å²) in [6.45, 7) is 3.19. The number of rotatable bonds is 4. The molecule has 0 aliphatic carbocycles. The number of pyridine rings is 1. The van der Waals surface area contributed by atoms with Gasteiger partial charge in [-0.2, -0.15) is 11.8 Å². The van der Waals surface area contributed by atoms with E-state index in [9.17, 15) is 14.4 Å². The number of aromatic nitrogens is 1. The molecule has 2 bridgehead atoms. The third-order valence-electron chi connectivity index (χ3n) is 6.52. The molecule has 2 fully saturated rings. The summed E-state index contributed by atoms with van der Waals surface area (Å²) in [6.07, 6.45) is 4.74. The monoisotopic (exact) mass is 419 g/mol. The average molecular weight is 420 g/mol. The van der Waals surface area contributed by atoms with Gasteiger partial charge in [0.05, 0.1) is 11.9 Å². The molecule has 0 saturated carbocycles. The molecule has 158 valence electrons. The summed E-state index contributed by atoms with van der Waals surface area (Å²) < 4.78 is 7.17. The Kier molecular flexibility index (Phi) is 6.01. The maximum atomic E-state index is 13.2. The highest BCUT2D eigenvalue weighted by molar-refractivity contribution is 7.99. The summed E-state index contributed by atoms with van der Waals surface area (Å²) in [5.41, 5.74) is 1.04. The van der Waals surface area contributed by atoms with Crippen LogP contribution in [0, 0.1) is 5.92 Å². The number of methoxy groups -OCH3 is 1. The average Bonchev–Trinajstić information content (AvgIpc) is 2.74. The van der Waals surface area contributed by atoms with Crippen molar-refractivity contribution in [3.05, 3.63) is 33.7 Å². The van der Waals surface area contributed by atoms with Crippen molar-refractivity contribution in [1.29, 1.82) is 0 Å². The Morgan fingerprint density at radius 3 is 2.59 bits per heavy atom. The largest absolute Gasteiger partial charge is 0.381 e. The van der Waals surface area contributed by atoms with Gasteiger partial charge in [0.25, 0.3) is 11.5 Å². The minimum absolute atomic E-state index is 0.169. The lowest BCUT2D eigenvalue weighted by molar-refractivity contribution is -0.131. The van der Waals surface area contributed by atoms with Crippen LogP contribution in [0.3, 0.4) is 0 Å². The summed E-state index contributed by atoms with van der Waals surface area (Å²) in [4.78, 5) is 42.2. The van der Waals surface area contributed by atoms with Crippen LogP contribution in [0.25, 0.3) is 0 Å². The van der Waals surface area contributed by atoms with Crippen LogP contribution >= 0.6 is 11.8 Å². The van der Waals surface area contributed by atoms with E-state index in [4.69, 9.17) is 4.74 Å². The Morgan fingerprint density at radius 2 is 1.90 bits per heavy atom. The van der Waals surface area contributed by atoms with Gasteiger partial charge >= 0.3 is 0 Å². The Labute approximate surface area is 175 Å². The molecule has 0 radical (unpaired) electrons. The second-order valence-electron chi connectivity index (χ2n) is 8.35. The van der Waals surface area contributed by atoms with Crippen molar-refractivity contribution in [3.63, 3.8) is 0 Å². The number of nitrogens with zero attached hydrogens (tertiary/aromatic N) is 3. The zero-order chi connectivity index (χ0) is 20.5. The molecule has 7 nitrogen and oxygen atoms in total. The number of carbonyl (C=O) groups is 2. The third-order valence-corrected chi connectivity index (χ3v) is 7.05. The first kappa shape index (κ1) is 20.5. The summed E-state index contributed by atoms with van der Waals surface area (Å²) in [5, 5.41) is 0. The lowest BCUT2D eigenvalue weighted by Gasteiger charge is -2.43. The topological polar surface area (TPSA) is 71.8 Å². The van der Waals surface area contributed by atoms with Crippen molar-refractivity contribution in [2.24, 2.45) is 5.92 Å². The van der Waals surface area contributed by atoms with Crippen molar-refractivity contribution in [2.75, 3.05) is 45.3 Å². The number of thioether (sulfide) groups is 1. The fourth-order valence-corrected chi connectivity index (χ4v) is 5.42. The molecule has 0 unspecified atom stereocenters. The Hall–Kier alpha value is -1.80. The smallest absolute Gasteiger partial charge is 0.263 e. The van der Waals surface area contributed by atoms with Crippen LogP contribution in [0.4, 0.5) is 0 Å². The van der Waals surface area contributed by atoms with Gasteiger partial charge in [0.1, 0.15) is 5.56 Å². The molecule has 2 amide bonds.